The van der Waals surface area contributed by atoms with Crippen LogP contribution in [0.3, 0.4) is 0 Å². The molecule has 3 amide bonds. The van der Waals surface area contributed by atoms with Crippen LogP contribution in [0.25, 0.3) is 21.8 Å². The van der Waals surface area contributed by atoms with Crippen LogP contribution in [-0.4, -0.2) is 39.1 Å². The van der Waals surface area contributed by atoms with Gasteiger partial charge in [-0.3, -0.25) is 24.3 Å². The van der Waals surface area contributed by atoms with Crippen LogP contribution in [0.1, 0.15) is 33.6 Å². The SMILES string of the molecule is O=C(CCCN1C(=O)c2ccccc2C1=O)Nc1cccc(-c2csc(-c3cccnc3)n2)c1. The highest BCUT2D eigenvalue weighted by atomic mass is 32.1. The van der Waals surface area contributed by atoms with Gasteiger partial charge >= 0.3 is 0 Å². The fourth-order valence-corrected chi connectivity index (χ4v) is 4.67. The Balaban J connectivity index is 1.18. The lowest BCUT2D eigenvalue weighted by Gasteiger charge is -2.13. The number of hydrogen-bond donors (Lipinski definition) is 1. The molecule has 0 saturated heterocycles. The number of aromatic nitrogens is 2. The van der Waals surface area contributed by atoms with Crippen molar-refractivity contribution in [3.63, 3.8) is 0 Å². The quantitative estimate of drug-likeness (QED) is 0.390. The molecule has 2 aromatic carbocycles. The van der Waals surface area contributed by atoms with Crippen molar-refractivity contribution in [2.24, 2.45) is 0 Å². The number of fused-ring (bicyclic) bond motifs is 1. The van der Waals surface area contributed by atoms with Crippen LogP contribution in [0, 0.1) is 0 Å². The molecule has 0 unspecified atom stereocenters. The number of nitrogens with zero attached hydrogens (tertiary/aromatic N) is 3. The molecule has 0 aliphatic carbocycles. The maximum atomic E-state index is 12.5. The molecule has 0 atom stereocenters. The lowest BCUT2D eigenvalue weighted by molar-refractivity contribution is -0.116. The molecule has 168 valence electrons. The first-order chi connectivity index (χ1) is 16.6. The van der Waals surface area contributed by atoms with E-state index in [2.05, 4.69) is 10.3 Å². The van der Waals surface area contributed by atoms with Gasteiger partial charge in [0, 0.05) is 47.6 Å². The van der Waals surface area contributed by atoms with Crippen molar-refractivity contribution in [1.29, 1.82) is 0 Å². The van der Waals surface area contributed by atoms with Gasteiger partial charge in [-0.2, -0.15) is 0 Å². The standard InChI is InChI=1S/C26H20N4O3S/c31-23(11-5-13-30-25(32)20-9-1-2-10-21(20)26(30)33)28-19-8-3-6-17(14-19)22-16-34-24(29-22)18-7-4-12-27-15-18/h1-4,6-10,12,14-16H,5,11,13H2,(H,28,31). The van der Waals surface area contributed by atoms with Gasteiger partial charge in [-0.15, -0.1) is 11.3 Å². The molecule has 1 aliphatic rings. The van der Waals surface area contributed by atoms with Gasteiger partial charge in [-0.1, -0.05) is 24.3 Å². The van der Waals surface area contributed by atoms with Crippen molar-refractivity contribution in [2.75, 3.05) is 11.9 Å². The minimum absolute atomic E-state index is 0.178. The van der Waals surface area contributed by atoms with E-state index in [-0.39, 0.29) is 30.7 Å². The van der Waals surface area contributed by atoms with E-state index < -0.39 is 0 Å². The van der Waals surface area contributed by atoms with E-state index in [0.29, 0.717) is 23.2 Å². The van der Waals surface area contributed by atoms with Gasteiger partial charge in [-0.25, -0.2) is 4.98 Å². The maximum absolute atomic E-state index is 12.5. The highest BCUT2D eigenvalue weighted by molar-refractivity contribution is 7.13. The Labute approximate surface area is 200 Å². The minimum atomic E-state index is -0.303. The van der Waals surface area contributed by atoms with Crippen LogP contribution in [0.15, 0.2) is 78.4 Å². The fourth-order valence-electron chi connectivity index (χ4n) is 3.85. The number of benzene rings is 2. The second-order valence-electron chi connectivity index (χ2n) is 7.82. The van der Waals surface area contributed by atoms with Crippen molar-refractivity contribution in [3.05, 3.63) is 89.6 Å². The van der Waals surface area contributed by atoms with Crippen molar-refractivity contribution in [3.8, 4) is 21.8 Å². The first-order valence-electron chi connectivity index (χ1n) is 10.8. The molecule has 8 heteroatoms. The molecule has 3 heterocycles. The molecule has 0 spiro atoms. The minimum Gasteiger partial charge on any atom is -0.326 e. The van der Waals surface area contributed by atoms with Crippen LogP contribution >= 0.6 is 11.3 Å². The first kappa shape index (κ1) is 21.7. The molecule has 34 heavy (non-hydrogen) atoms. The Morgan fingerprint density at radius 2 is 1.71 bits per heavy atom. The van der Waals surface area contributed by atoms with Gasteiger partial charge in [0.05, 0.1) is 16.8 Å². The number of rotatable bonds is 7. The van der Waals surface area contributed by atoms with E-state index in [1.54, 1.807) is 36.7 Å². The molecule has 5 rings (SSSR count). The number of anilines is 1. The summed E-state index contributed by atoms with van der Waals surface area (Å²) in [6, 6.07) is 18.1. The summed E-state index contributed by atoms with van der Waals surface area (Å²) in [4.78, 5) is 47.4. The molecule has 0 saturated carbocycles. The van der Waals surface area contributed by atoms with Gasteiger partial charge in [0.1, 0.15) is 5.01 Å². The van der Waals surface area contributed by atoms with Gasteiger partial charge < -0.3 is 5.32 Å². The fraction of sp³-hybridized carbons (Fsp3) is 0.115. The largest absolute Gasteiger partial charge is 0.326 e. The van der Waals surface area contributed by atoms with E-state index in [1.165, 1.54) is 16.2 Å². The number of nitrogens with one attached hydrogen (secondary N) is 1. The summed E-state index contributed by atoms with van der Waals surface area (Å²) in [6.45, 7) is 0.204. The second-order valence-corrected chi connectivity index (χ2v) is 8.68. The average Bonchev–Trinajstić information content (AvgIpc) is 3.45. The Morgan fingerprint density at radius 1 is 0.941 bits per heavy atom. The van der Waals surface area contributed by atoms with E-state index in [0.717, 1.165) is 21.8 Å². The van der Waals surface area contributed by atoms with Crippen molar-refractivity contribution in [2.45, 2.75) is 12.8 Å². The highest BCUT2D eigenvalue weighted by Crippen LogP contribution is 2.29. The zero-order chi connectivity index (χ0) is 23.5. The summed E-state index contributed by atoms with van der Waals surface area (Å²) in [6.07, 6.45) is 4.09. The van der Waals surface area contributed by atoms with Crippen LogP contribution in [0.4, 0.5) is 5.69 Å². The zero-order valence-electron chi connectivity index (χ0n) is 18.1. The van der Waals surface area contributed by atoms with Crippen LogP contribution < -0.4 is 5.32 Å². The van der Waals surface area contributed by atoms with Gasteiger partial charge in [0.15, 0.2) is 0 Å². The molecule has 1 N–H and O–H groups in total. The summed E-state index contributed by atoms with van der Waals surface area (Å²) in [7, 11) is 0. The maximum Gasteiger partial charge on any atom is 0.261 e. The Bertz CT molecular complexity index is 1350. The molecular formula is C26H20N4O3S. The van der Waals surface area contributed by atoms with Crippen LogP contribution in [-0.2, 0) is 4.79 Å². The van der Waals surface area contributed by atoms with Crippen LogP contribution in [0.5, 0.6) is 0 Å². The second kappa shape index (κ2) is 9.36. The molecule has 0 radical (unpaired) electrons. The monoisotopic (exact) mass is 468 g/mol. The number of hydrogen-bond acceptors (Lipinski definition) is 6. The van der Waals surface area contributed by atoms with E-state index >= 15 is 0 Å². The van der Waals surface area contributed by atoms with Gasteiger partial charge in [0.2, 0.25) is 5.91 Å². The number of carbonyl (C=O) groups is 3. The average molecular weight is 469 g/mol. The Hall–Kier alpha value is -4.17. The van der Waals surface area contributed by atoms with Crippen LogP contribution in [0.2, 0.25) is 0 Å². The molecule has 7 nitrogen and oxygen atoms in total. The summed E-state index contributed by atoms with van der Waals surface area (Å²) >= 11 is 1.54. The summed E-state index contributed by atoms with van der Waals surface area (Å²) in [5.41, 5.74) is 4.19. The van der Waals surface area contributed by atoms with E-state index in [1.807, 2.05) is 41.8 Å². The summed E-state index contributed by atoms with van der Waals surface area (Å²) < 4.78 is 0. The third-order valence-corrected chi connectivity index (χ3v) is 6.41. The molecule has 1 aliphatic heterocycles. The normalized spacial score (nSPS) is 12.6. The smallest absolute Gasteiger partial charge is 0.261 e. The predicted octanol–water partition coefficient (Wildman–Crippen LogP) is 4.89. The molecule has 0 bridgehead atoms. The molecule has 0 fully saturated rings. The summed E-state index contributed by atoms with van der Waals surface area (Å²) in [5.74, 6) is -0.784. The Morgan fingerprint density at radius 3 is 2.44 bits per heavy atom. The number of pyridine rings is 1. The van der Waals surface area contributed by atoms with Crippen molar-refractivity contribution >= 4 is 34.7 Å². The lowest BCUT2D eigenvalue weighted by Crippen LogP contribution is -2.31. The van der Waals surface area contributed by atoms with E-state index in [9.17, 15) is 14.4 Å². The van der Waals surface area contributed by atoms with Gasteiger partial charge in [0.25, 0.3) is 11.8 Å². The number of amides is 3. The topological polar surface area (TPSA) is 92.3 Å². The van der Waals surface area contributed by atoms with E-state index in [4.69, 9.17) is 4.98 Å². The number of thiazole rings is 1. The highest BCUT2D eigenvalue weighted by Gasteiger charge is 2.34. The molecule has 2 aromatic heterocycles. The predicted molar refractivity (Wildman–Crippen MR) is 130 cm³/mol. The van der Waals surface area contributed by atoms with Crippen molar-refractivity contribution in [1.82, 2.24) is 14.9 Å². The number of imide groups is 1. The van der Waals surface area contributed by atoms with Crippen molar-refractivity contribution < 1.29 is 14.4 Å². The molecular weight excluding hydrogens is 448 g/mol. The third-order valence-electron chi connectivity index (χ3n) is 5.52. The lowest BCUT2D eigenvalue weighted by atomic mass is 10.1. The molecule has 4 aromatic rings. The summed E-state index contributed by atoms with van der Waals surface area (Å²) in [5, 5.41) is 5.75. The van der Waals surface area contributed by atoms with Gasteiger partial charge in [-0.05, 0) is 42.8 Å². The Kier molecular flexibility index (Phi) is 5.97. The first-order valence-corrected chi connectivity index (χ1v) is 11.7. The third kappa shape index (κ3) is 4.35. The zero-order valence-corrected chi connectivity index (χ0v) is 18.9. The number of carbonyl (C=O) groups excluding carboxylic acids is 3.